The van der Waals surface area contributed by atoms with Gasteiger partial charge in [-0.3, -0.25) is 14.9 Å². The summed E-state index contributed by atoms with van der Waals surface area (Å²) in [6.45, 7) is 3.88. The van der Waals surface area contributed by atoms with E-state index in [1.54, 1.807) is 12.1 Å². The van der Waals surface area contributed by atoms with Gasteiger partial charge in [0, 0.05) is 17.7 Å². The monoisotopic (exact) mass is 313 g/mol. The largest absolute Gasteiger partial charge is 0.351 e. The fourth-order valence-corrected chi connectivity index (χ4v) is 2.41. The lowest BCUT2D eigenvalue weighted by atomic mass is 9.90. The molecule has 0 radical (unpaired) electrons. The lowest BCUT2D eigenvalue weighted by Crippen LogP contribution is -2.52. The van der Waals surface area contributed by atoms with Crippen molar-refractivity contribution in [1.29, 1.82) is 0 Å². The van der Waals surface area contributed by atoms with E-state index in [2.05, 4.69) is 17.6 Å². The average Bonchev–Trinajstić information content (AvgIpc) is 2.39. The highest BCUT2D eigenvalue weighted by Gasteiger charge is 2.28. The van der Waals surface area contributed by atoms with Crippen molar-refractivity contribution < 1.29 is 9.72 Å². The number of halogens is 1. The molecule has 1 aliphatic rings. The minimum Gasteiger partial charge on any atom is -0.351 e. The van der Waals surface area contributed by atoms with Crippen LogP contribution in [0.2, 0.25) is 0 Å². The first-order chi connectivity index (χ1) is 9.48. The highest BCUT2D eigenvalue weighted by atomic mass is 35.5. The van der Waals surface area contributed by atoms with E-state index in [1.807, 2.05) is 0 Å². The molecule has 0 aromatic heterocycles. The minimum absolute atomic E-state index is 0. The third-order valence-corrected chi connectivity index (χ3v) is 3.66. The first-order valence-electron chi connectivity index (χ1n) is 6.74. The van der Waals surface area contributed by atoms with E-state index in [4.69, 9.17) is 0 Å². The van der Waals surface area contributed by atoms with E-state index in [9.17, 15) is 14.9 Å². The van der Waals surface area contributed by atoms with Gasteiger partial charge in [-0.1, -0.05) is 12.1 Å². The zero-order valence-electron chi connectivity index (χ0n) is 11.9. The molecular formula is C14H20ClN3O3. The Morgan fingerprint density at radius 1 is 1.33 bits per heavy atom. The summed E-state index contributed by atoms with van der Waals surface area (Å²) in [4.78, 5) is 22.2. The zero-order chi connectivity index (χ0) is 14.6. The number of hydrogen-bond donors (Lipinski definition) is 2. The molecule has 2 N–H and O–H groups in total. The van der Waals surface area contributed by atoms with Gasteiger partial charge >= 0.3 is 0 Å². The molecule has 1 aromatic rings. The van der Waals surface area contributed by atoms with Gasteiger partial charge in [0.05, 0.1) is 11.3 Å². The van der Waals surface area contributed by atoms with Crippen LogP contribution in [-0.4, -0.2) is 29.5 Å². The van der Waals surface area contributed by atoms with Gasteiger partial charge in [0.2, 0.25) is 5.91 Å². The summed E-state index contributed by atoms with van der Waals surface area (Å²) in [5, 5.41) is 16.9. The molecule has 21 heavy (non-hydrogen) atoms. The van der Waals surface area contributed by atoms with Gasteiger partial charge in [-0.25, -0.2) is 0 Å². The van der Waals surface area contributed by atoms with E-state index < -0.39 is 4.92 Å². The summed E-state index contributed by atoms with van der Waals surface area (Å²) >= 11 is 0. The minimum atomic E-state index is -0.445. The van der Waals surface area contributed by atoms with Crippen molar-refractivity contribution >= 4 is 24.0 Å². The van der Waals surface area contributed by atoms with Crippen LogP contribution in [0.5, 0.6) is 0 Å². The van der Waals surface area contributed by atoms with Crippen LogP contribution in [0.1, 0.15) is 25.3 Å². The summed E-state index contributed by atoms with van der Waals surface area (Å²) in [5.41, 5.74) is 0.674. The van der Waals surface area contributed by atoms with Gasteiger partial charge in [-0.2, -0.15) is 0 Å². The molecular weight excluding hydrogens is 294 g/mol. The molecule has 1 aromatic carbocycles. The normalized spacial score (nSPS) is 16.6. The zero-order valence-corrected chi connectivity index (χ0v) is 12.7. The molecule has 0 atom stereocenters. The number of rotatable bonds is 4. The van der Waals surface area contributed by atoms with Crippen molar-refractivity contribution in [3.63, 3.8) is 0 Å². The first kappa shape index (κ1) is 17.4. The predicted molar refractivity (Wildman–Crippen MR) is 82.7 cm³/mol. The van der Waals surface area contributed by atoms with Crippen molar-refractivity contribution in [3.05, 3.63) is 39.9 Å². The molecule has 2 rings (SSSR count). The Labute approximate surface area is 129 Å². The Morgan fingerprint density at radius 2 is 1.90 bits per heavy atom. The number of amides is 1. The molecule has 0 aliphatic carbocycles. The van der Waals surface area contributed by atoms with Crippen molar-refractivity contribution in [2.24, 2.45) is 0 Å². The van der Waals surface area contributed by atoms with Crippen molar-refractivity contribution in [2.45, 2.75) is 31.7 Å². The number of carbonyl (C=O) groups excluding carboxylic acids is 1. The first-order valence-corrected chi connectivity index (χ1v) is 6.74. The number of benzene rings is 1. The van der Waals surface area contributed by atoms with Crippen LogP contribution in [-0.2, 0) is 11.2 Å². The van der Waals surface area contributed by atoms with Crippen molar-refractivity contribution in [1.82, 2.24) is 10.6 Å². The van der Waals surface area contributed by atoms with Gasteiger partial charge in [0.1, 0.15) is 0 Å². The summed E-state index contributed by atoms with van der Waals surface area (Å²) in [5.74, 6) is -0.0387. The molecule has 0 spiro atoms. The highest BCUT2D eigenvalue weighted by Crippen LogP contribution is 2.18. The van der Waals surface area contributed by atoms with E-state index in [1.165, 1.54) is 12.1 Å². The Balaban J connectivity index is 0.00000220. The topological polar surface area (TPSA) is 84.3 Å². The maximum Gasteiger partial charge on any atom is 0.269 e. The molecule has 116 valence electrons. The van der Waals surface area contributed by atoms with Crippen LogP contribution in [0.3, 0.4) is 0 Å². The number of carbonyl (C=O) groups is 1. The van der Waals surface area contributed by atoms with E-state index >= 15 is 0 Å². The van der Waals surface area contributed by atoms with E-state index in [-0.39, 0.29) is 36.0 Å². The van der Waals surface area contributed by atoms with E-state index in [0.29, 0.717) is 0 Å². The standard InChI is InChI=1S/C14H19N3O3.ClH/c1-14(6-8-15-9-7-14)16-13(18)10-11-2-4-12(5-3-11)17(19)20;/h2-5,15H,6-10H2,1H3,(H,16,18);1H. The van der Waals surface area contributed by atoms with Crippen LogP contribution in [0.15, 0.2) is 24.3 Å². The molecule has 1 saturated heterocycles. The molecule has 1 heterocycles. The maximum atomic E-state index is 12.0. The van der Waals surface area contributed by atoms with Crippen LogP contribution >= 0.6 is 12.4 Å². The number of nitrogens with zero attached hydrogens (tertiary/aromatic N) is 1. The van der Waals surface area contributed by atoms with Crippen molar-refractivity contribution in [3.8, 4) is 0 Å². The van der Waals surface area contributed by atoms with Gasteiger partial charge in [0.25, 0.3) is 5.69 Å². The smallest absolute Gasteiger partial charge is 0.269 e. The summed E-state index contributed by atoms with van der Waals surface area (Å²) in [6, 6.07) is 6.11. The molecule has 0 saturated carbocycles. The summed E-state index contributed by atoms with van der Waals surface area (Å²) < 4.78 is 0. The number of nitro groups is 1. The highest BCUT2D eigenvalue weighted by molar-refractivity contribution is 5.85. The third-order valence-electron chi connectivity index (χ3n) is 3.66. The van der Waals surface area contributed by atoms with Gasteiger partial charge in [-0.15, -0.1) is 12.4 Å². The molecule has 0 unspecified atom stereocenters. The third kappa shape index (κ3) is 4.99. The van der Waals surface area contributed by atoms with Crippen LogP contribution in [0, 0.1) is 10.1 Å². The van der Waals surface area contributed by atoms with Gasteiger partial charge < -0.3 is 10.6 Å². The van der Waals surface area contributed by atoms with Crippen LogP contribution < -0.4 is 10.6 Å². The maximum absolute atomic E-state index is 12.0. The second-order valence-electron chi connectivity index (χ2n) is 5.46. The van der Waals surface area contributed by atoms with E-state index in [0.717, 1.165) is 31.5 Å². The predicted octanol–water partition coefficient (Wildman–Crippen LogP) is 1.82. The summed E-state index contributed by atoms with van der Waals surface area (Å²) in [6.07, 6.45) is 2.08. The van der Waals surface area contributed by atoms with Crippen LogP contribution in [0.25, 0.3) is 0 Å². The van der Waals surface area contributed by atoms with Gasteiger partial charge in [-0.05, 0) is 38.4 Å². The lowest BCUT2D eigenvalue weighted by Gasteiger charge is -2.35. The second kappa shape index (κ2) is 7.38. The SMILES string of the molecule is CC1(NC(=O)Cc2ccc([N+](=O)[O-])cc2)CCNCC1.Cl. The number of piperidine rings is 1. The molecule has 0 bridgehead atoms. The fraction of sp³-hybridized carbons (Fsp3) is 0.500. The summed E-state index contributed by atoms with van der Waals surface area (Å²) in [7, 11) is 0. The second-order valence-corrected chi connectivity index (χ2v) is 5.46. The lowest BCUT2D eigenvalue weighted by molar-refractivity contribution is -0.384. The van der Waals surface area contributed by atoms with Crippen LogP contribution in [0.4, 0.5) is 5.69 Å². The molecule has 7 heteroatoms. The quantitative estimate of drug-likeness (QED) is 0.656. The number of nitrogens with one attached hydrogen (secondary N) is 2. The number of non-ortho nitro benzene ring substituents is 1. The van der Waals surface area contributed by atoms with Gasteiger partial charge in [0.15, 0.2) is 0 Å². The Bertz CT molecular complexity index is 499. The fourth-order valence-electron chi connectivity index (χ4n) is 2.41. The average molecular weight is 314 g/mol. The van der Waals surface area contributed by atoms with Crippen molar-refractivity contribution in [2.75, 3.05) is 13.1 Å². The Hall–Kier alpha value is -1.66. The Morgan fingerprint density at radius 3 is 2.43 bits per heavy atom. The number of nitro benzene ring substituents is 1. The molecule has 1 amide bonds. The molecule has 6 nitrogen and oxygen atoms in total. The Kier molecular flexibility index (Phi) is 6.11. The molecule has 1 fully saturated rings. The molecule has 1 aliphatic heterocycles. The number of hydrogen-bond acceptors (Lipinski definition) is 4.